The minimum Gasteiger partial charge on any atom is -0.383 e. The van der Waals surface area contributed by atoms with Crippen LogP contribution in [0.25, 0.3) is 0 Å². The van der Waals surface area contributed by atoms with Crippen LogP contribution in [-0.2, 0) is 17.3 Å². The number of nitrogens with two attached hydrogens (primary N) is 1. The van der Waals surface area contributed by atoms with E-state index in [-0.39, 0.29) is 24.6 Å². The molecule has 0 bridgehead atoms. The molecule has 0 aliphatic rings. The summed E-state index contributed by atoms with van der Waals surface area (Å²) in [5.74, 6) is 0. The minimum atomic E-state index is -4.37. The molecule has 1 rings (SSSR count). The first-order valence-corrected chi connectivity index (χ1v) is 6.43. The highest BCUT2D eigenvalue weighted by Gasteiger charge is 2.33. The lowest BCUT2D eigenvalue weighted by molar-refractivity contribution is -0.138. The van der Waals surface area contributed by atoms with Crippen LogP contribution in [0.15, 0.2) is 18.2 Å². The molecule has 0 amide bonds. The van der Waals surface area contributed by atoms with Crippen LogP contribution in [0.2, 0.25) is 0 Å². The van der Waals surface area contributed by atoms with E-state index in [9.17, 15) is 13.2 Å². The third kappa shape index (κ3) is 4.11. The second-order valence-corrected chi connectivity index (χ2v) is 4.79. The Hall–Kier alpha value is -1.27. The maximum atomic E-state index is 13.1. The quantitative estimate of drug-likeness (QED) is 0.875. The largest absolute Gasteiger partial charge is 0.416 e. The molecule has 0 spiro atoms. The zero-order valence-corrected chi connectivity index (χ0v) is 12.0. The van der Waals surface area contributed by atoms with Gasteiger partial charge in [-0.15, -0.1) is 0 Å². The fourth-order valence-corrected chi connectivity index (χ4v) is 2.03. The van der Waals surface area contributed by atoms with Crippen LogP contribution >= 0.6 is 0 Å². The van der Waals surface area contributed by atoms with Gasteiger partial charge in [-0.05, 0) is 37.6 Å². The summed E-state index contributed by atoms with van der Waals surface area (Å²) in [5.41, 5.74) is 5.50. The maximum absolute atomic E-state index is 13.1. The number of anilines is 1. The summed E-state index contributed by atoms with van der Waals surface area (Å²) < 4.78 is 44.3. The maximum Gasteiger partial charge on any atom is 0.416 e. The molecular formula is C14H21F3N2O. The second kappa shape index (κ2) is 6.95. The number of nitrogens with zero attached hydrogens (tertiary/aromatic N) is 1. The fourth-order valence-electron chi connectivity index (χ4n) is 2.03. The topological polar surface area (TPSA) is 38.5 Å². The third-order valence-electron chi connectivity index (χ3n) is 3.29. The molecule has 3 nitrogen and oxygen atoms in total. The van der Waals surface area contributed by atoms with E-state index >= 15 is 0 Å². The molecule has 0 radical (unpaired) electrons. The van der Waals surface area contributed by atoms with E-state index in [1.165, 1.54) is 12.1 Å². The first-order valence-electron chi connectivity index (χ1n) is 6.43. The third-order valence-corrected chi connectivity index (χ3v) is 3.29. The van der Waals surface area contributed by atoms with Crippen LogP contribution < -0.4 is 10.6 Å². The zero-order valence-electron chi connectivity index (χ0n) is 12.0. The Morgan fingerprint density at radius 1 is 1.35 bits per heavy atom. The van der Waals surface area contributed by atoms with Crippen molar-refractivity contribution in [1.29, 1.82) is 0 Å². The van der Waals surface area contributed by atoms with Crippen molar-refractivity contribution < 1.29 is 17.9 Å². The number of hydrogen-bond acceptors (Lipinski definition) is 3. The van der Waals surface area contributed by atoms with Crippen LogP contribution in [0.1, 0.15) is 18.1 Å². The van der Waals surface area contributed by atoms with Gasteiger partial charge in [0.2, 0.25) is 0 Å². The van der Waals surface area contributed by atoms with Gasteiger partial charge in [0.25, 0.3) is 0 Å². The number of halogens is 3. The monoisotopic (exact) mass is 290 g/mol. The van der Waals surface area contributed by atoms with Gasteiger partial charge in [-0.1, -0.05) is 6.07 Å². The van der Waals surface area contributed by atoms with E-state index in [2.05, 4.69) is 0 Å². The molecule has 0 saturated carbocycles. The Bertz CT molecular complexity index is 435. The zero-order chi connectivity index (χ0) is 15.3. The molecule has 1 aromatic carbocycles. The SMILES string of the molecule is COCC(C)N(C)c1ccc(CCN)c(C(F)(F)F)c1. The average molecular weight is 290 g/mol. The summed E-state index contributed by atoms with van der Waals surface area (Å²) in [6, 6.07) is 4.35. The van der Waals surface area contributed by atoms with Crippen molar-refractivity contribution in [3.05, 3.63) is 29.3 Å². The molecule has 0 heterocycles. The van der Waals surface area contributed by atoms with Crippen molar-refractivity contribution in [2.45, 2.75) is 25.6 Å². The summed E-state index contributed by atoms with van der Waals surface area (Å²) in [5, 5.41) is 0. The number of likely N-dealkylation sites (N-methyl/N-ethyl adjacent to an activating group) is 1. The van der Waals surface area contributed by atoms with E-state index in [1.54, 1.807) is 25.1 Å². The molecule has 0 aliphatic carbocycles. The normalized spacial score (nSPS) is 13.3. The number of alkyl halides is 3. The predicted octanol–water partition coefficient (Wildman–Crippen LogP) is 2.68. The Morgan fingerprint density at radius 2 is 2.00 bits per heavy atom. The Kier molecular flexibility index (Phi) is 5.83. The van der Waals surface area contributed by atoms with Crippen LogP contribution in [0.5, 0.6) is 0 Å². The summed E-state index contributed by atoms with van der Waals surface area (Å²) >= 11 is 0. The van der Waals surface area contributed by atoms with Gasteiger partial charge in [-0.25, -0.2) is 0 Å². The van der Waals surface area contributed by atoms with E-state index in [4.69, 9.17) is 10.5 Å². The number of benzene rings is 1. The summed E-state index contributed by atoms with van der Waals surface area (Å²) in [6.07, 6.45) is -4.15. The van der Waals surface area contributed by atoms with Gasteiger partial charge >= 0.3 is 6.18 Å². The highest BCUT2D eigenvalue weighted by Crippen LogP contribution is 2.35. The Morgan fingerprint density at radius 3 is 2.50 bits per heavy atom. The number of rotatable bonds is 6. The summed E-state index contributed by atoms with van der Waals surface area (Å²) in [4.78, 5) is 1.77. The number of ether oxygens (including phenoxy) is 1. The first-order chi connectivity index (χ1) is 9.31. The molecule has 20 heavy (non-hydrogen) atoms. The van der Waals surface area contributed by atoms with Crippen molar-refractivity contribution >= 4 is 5.69 Å². The molecule has 0 fully saturated rings. The molecular weight excluding hydrogens is 269 g/mol. The molecule has 0 aliphatic heterocycles. The molecule has 0 aromatic heterocycles. The minimum absolute atomic E-state index is 0.0126. The van der Waals surface area contributed by atoms with Crippen molar-refractivity contribution in [2.24, 2.45) is 5.73 Å². The van der Waals surface area contributed by atoms with Gasteiger partial charge in [0.1, 0.15) is 0 Å². The Balaban J connectivity index is 3.12. The molecule has 1 unspecified atom stereocenters. The average Bonchev–Trinajstić information content (AvgIpc) is 2.37. The second-order valence-electron chi connectivity index (χ2n) is 4.79. The van der Waals surface area contributed by atoms with Crippen LogP contribution in [-0.4, -0.2) is 33.4 Å². The molecule has 114 valence electrons. The highest BCUT2D eigenvalue weighted by molar-refractivity contribution is 5.52. The molecule has 1 aromatic rings. The molecule has 1 atom stereocenters. The van der Waals surface area contributed by atoms with Gasteiger partial charge in [-0.2, -0.15) is 13.2 Å². The standard InChI is InChI=1S/C14H21F3N2O/c1-10(9-20-3)19(2)12-5-4-11(6-7-18)13(8-12)14(15,16)17/h4-5,8,10H,6-7,9,18H2,1-3H3. The number of hydrogen-bond donors (Lipinski definition) is 1. The van der Waals surface area contributed by atoms with Gasteiger partial charge in [-0.3, -0.25) is 0 Å². The lowest BCUT2D eigenvalue weighted by Gasteiger charge is -2.27. The highest BCUT2D eigenvalue weighted by atomic mass is 19.4. The molecule has 2 N–H and O–H groups in total. The van der Waals surface area contributed by atoms with E-state index < -0.39 is 11.7 Å². The van der Waals surface area contributed by atoms with E-state index in [0.717, 1.165) is 0 Å². The smallest absolute Gasteiger partial charge is 0.383 e. The lowest BCUT2D eigenvalue weighted by atomic mass is 10.0. The molecule has 6 heteroatoms. The van der Waals surface area contributed by atoms with Gasteiger partial charge in [0, 0.05) is 25.9 Å². The van der Waals surface area contributed by atoms with Crippen molar-refractivity contribution in [3.8, 4) is 0 Å². The van der Waals surface area contributed by atoms with Crippen molar-refractivity contribution in [2.75, 3.05) is 32.2 Å². The summed E-state index contributed by atoms with van der Waals surface area (Å²) in [6.45, 7) is 2.53. The first kappa shape index (κ1) is 16.8. The van der Waals surface area contributed by atoms with Gasteiger partial charge in [0.15, 0.2) is 0 Å². The van der Waals surface area contributed by atoms with Crippen molar-refractivity contribution in [1.82, 2.24) is 0 Å². The van der Waals surface area contributed by atoms with Gasteiger partial charge in [0.05, 0.1) is 12.2 Å². The van der Waals surface area contributed by atoms with E-state index in [1.807, 2.05) is 6.92 Å². The van der Waals surface area contributed by atoms with Crippen LogP contribution in [0.4, 0.5) is 18.9 Å². The summed E-state index contributed by atoms with van der Waals surface area (Å²) in [7, 11) is 3.32. The lowest BCUT2D eigenvalue weighted by Crippen LogP contribution is -2.32. The fraction of sp³-hybridized carbons (Fsp3) is 0.571. The van der Waals surface area contributed by atoms with Crippen LogP contribution in [0.3, 0.4) is 0 Å². The number of methoxy groups -OCH3 is 1. The van der Waals surface area contributed by atoms with Crippen LogP contribution in [0, 0.1) is 0 Å². The predicted molar refractivity (Wildman–Crippen MR) is 73.9 cm³/mol. The van der Waals surface area contributed by atoms with Crippen molar-refractivity contribution in [3.63, 3.8) is 0 Å². The Labute approximate surface area is 117 Å². The van der Waals surface area contributed by atoms with Gasteiger partial charge < -0.3 is 15.4 Å². The van der Waals surface area contributed by atoms with E-state index in [0.29, 0.717) is 12.3 Å². The molecule has 0 saturated heterocycles.